The lowest BCUT2D eigenvalue weighted by Crippen LogP contribution is -2.04. The number of non-ortho nitro benzene ring substituents is 1. The van der Waals surface area contributed by atoms with E-state index in [0.29, 0.717) is 11.4 Å². The van der Waals surface area contributed by atoms with Crippen LogP contribution in [0, 0.1) is 17.0 Å². The molecule has 0 bridgehead atoms. The smallest absolute Gasteiger partial charge is 0.269 e. The third-order valence-electron chi connectivity index (χ3n) is 3.32. The summed E-state index contributed by atoms with van der Waals surface area (Å²) in [6.45, 7) is 4.01. The van der Waals surface area contributed by atoms with E-state index in [1.807, 2.05) is 0 Å². The Hall–Kier alpha value is -1.91. The molecular formula is C16H15ClNO3. The monoisotopic (exact) mass is 304 g/mol. The average Bonchev–Trinajstić information content (AvgIpc) is 2.47. The van der Waals surface area contributed by atoms with Crippen molar-refractivity contribution in [2.45, 2.75) is 18.4 Å². The molecule has 2 atom stereocenters. The number of rotatable bonds is 5. The van der Waals surface area contributed by atoms with Crippen molar-refractivity contribution in [1.29, 1.82) is 0 Å². The summed E-state index contributed by atoms with van der Waals surface area (Å²) in [5.74, 6) is -0.167. The van der Waals surface area contributed by atoms with Crippen molar-refractivity contribution < 1.29 is 10.0 Å². The number of hydrogen-bond acceptors (Lipinski definition) is 3. The predicted molar refractivity (Wildman–Crippen MR) is 82.2 cm³/mol. The molecule has 5 heteroatoms. The largest absolute Gasteiger partial charge is 0.388 e. The quantitative estimate of drug-likeness (QED) is 0.662. The van der Waals surface area contributed by atoms with E-state index in [-0.39, 0.29) is 11.6 Å². The van der Waals surface area contributed by atoms with Gasteiger partial charge < -0.3 is 5.11 Å². The van der Waals surface area contributed by atoms with E-state index in [9.17, 15) is 15.2 Å². The number of nitro groups is 1. The van der Waals surface area contributed by atoms with Gasteiger partial charge in [-0.15, -0.1) is 0 Å². The van der Waals surface area contributed by atoms with Gasteiger partial charge in [0.15, 0.2) is 0 Å². The molecule has 0 aliphatic carbocycles. The lowest BCUT2D eigenvalue weighted by Gasteiger charge is -2.17. The topological polar surface area (TPSA) is 63.4 Å². The van der Waals surface area contributed by atoms with Gasteiger partial charge in [-0.1, -0.05) is 35.9 Å². The highest BCUT2D eigenvalue weighted by Gasteiger charge is 2.15. The molecule has 1 radical (unpaired) electrons. The van der Waals surface area contributed by atoms with E-state index in [2.05, 4.69) is 6.92 Å². The minimum Gasteiger partial charge on any atom is -0.388 e. The molecule has 2 aromatic rings. The molecule has 0 aliphatic heterocycles. The Morgan fingerprint density at radius 3 is 2.43 bits per heavy atom. The number of nitrogens with zero attached hydrogens (tertiary/aromatic N) is 1. The Balaban J connectivity index is 2.06. The highest BCUT2D eigenvalue weighted by molar-refractivity contribution is 6.30. The highest BCUT2D eigenvalue weighted by Crippen LogP contribution is 2.29. The van der Waals surface area contributed by atoms with Crippen molar-refractivity contribution >= 4 is 17.3 Å². The Kier molecular flexibility index (Phi) is 4.94. The fraction of sp³-hybridized carbons (Fsp3) is 0.188. The highest BCUT2D eigenvalue weighted by atomic mass is 35.5. The summed E-state index contributed by atoms with van der Waals surface area (Å²) in [7, 11) is 0. The van der Waals surface area contributed by atoms with Gasteiger partial charge in [0.2, 0.25) is 0 Å². The van der Waals surface area contributed by atoms with Gasteiger partial charge in [-0.3, -0.25) is 10.1 Å². The molecule has 0 heterocycles. The van der Waals surface area contributed by atoms with E-state index in [1.54, 1.807) is 36.4 Å². The number of aliphatic hydroxyl groups excluding tert-OH is 1. The third kappa shape index (κ3) is 4.03. The number of aliphatic hydroxyl groups is 1. The average molecular weight is 305 g/mol. The van der Waals surface area contributed by atoms with Crippen LogP contribution in [0.4, 0.5) is 5.69 Å². The van der Waals surface area contributed by atoms with Crippen LogP contribution in [-0.4, -0.2) is 10.0 Å². The molecule has 0 fully saturated rings. The summed E-state index contributed by atoms with van der Waals surface area (Å²) >= 11 is 5.90. The predicted octanol–water partition coefficient (Wildman–Crippen LogP) is 4.29. The molecule has 109 valence electrons. The number of nitro benzene ring substituents is 1. The van der Waals surface area contributed by atoms with Crippen molar-refractivity contribution in [3.8, 4) is 0 Å². The first-order chi connectivity index (χ1) is 9.97. The van der Waals surface area contributed by atoms with Gasteiger partial charge in [-0.2, -0.15) is 0 Å². The Morgan fingerprint density at radius 1 is 1.19 bits per heavy atom. The summed E-state index contributed by atoms with van der Waals surface area (Å²) in [4.78, 5) is 10.2. The molecule has 0 spiro atoms. The molecule has 1 N–H and O–H groups in total. The van der Waals surface area contributed by atoms with Crippen LogP contribution in [0.5, 0.6) is 0 Å². The van der Waals surface area contributed by atoms with E-state index >= 15 is 0 Å². The van der Waals surface area contributed by atoms with Crippen molar-refractivity contribution in [3.05, 3.63) is 81.7 Å². The molecular weight excluding hydrogens is 290 g/mol. The second-order valence-corrected chi connectivity index (χ2v) is 5.29. The minimum absolute atomic E-state index is 0.0429. The zero-order valence-corrected chi connectivity index (χ0v) is 12.0. The van der Waals surface area contributed by atoms with E-state index in [1.165, 1.54) is 12.1 Å². The van der Waals surface area contributed by atoms with Crippen LogP contribution in [0.1, 0.15) is 29.6 Å². The first kappa shape index (κ1) is 15.5. The SMILES string of the molecule is [CH2]C(C[C@@H](O)c1cccc(Cl)c1)c1ccc([N+](=O)[O-])cc1. The van der Waals surface area contributed by atoms with Gasteiger partial charge in [0.05, 0.1) is 11.0 Å². The van der Waals surface area contributed by atoms with Gasteiger partial charge in [-0.05, 0) is 42.5 Å². The first-order valence-electron chi connectivity index (χ1n) is 6.48. The molecule has 0 aliphatic rings. The lowest BCUT2D eigenvalue weighted by molar-refractivity contribution is -0.384. The van der Waals surface area contributed by atoms with Crippen LogP contribution < -0.4 is 0 Å². The molecule has 0 amide bonds. The van der Waals surface area contributed by atoms with E-state index in [0.717, 1.165) is 11.1 Å². The van der Waals surface area contributed by atoms with Gasteiger partial charge in [-0.25, -0.2) is 0 Å². The summed E-state index contributed by atoms with van der Waals surface area (Å²) in [5.41, 5.74) is 1.63. The summed E-state index contributed by atoms with van der Waals surface area (Å²) in [6, 6.07) is 13.3. The summed E-state index contributed by atoms with van der Waals surface area (Å²) < 4.78 is 0. The van der Waals surface area contributed by atoms with Crippen molar-refractivity contribution in [3.63, 3.8) is 0 Å². The molecule has 0 saturated heterocycles. The Labute approximate surface area is 128 Å². The maximum Gasteiger partial charge on any atom is 0.269 e. The second-order valence-electron chi connectivity index (χ2n) is 4.85. The fourth-order valence-electron chi connectivity index (χ4n) is 2.12. The maximum absolute atomic E-state index is 10.6. The second kappa shape index (κ2) is 6.70. The number of hydrogen-bond donors (Lipinski definition) is 1. The minimum atomic E-state index is -0.679. The Morgan fingerprint density at radius 2 is 1.86 bits per heavy atom. The molecule has 4 nitrogen and oxygen atoms in total. The van der Waals surface area contributed by atoms with Crippen LogP contribution in [0.3, 0.4) is 0 Å². The molecule has 2 rings (SSSR count). The van der Waals surface area contributed by atoms with Crippen LogP contribution in [0.2, 0.25) is 5.02 Å². The van der Waals surface area contributed by atoms with Crippen LogP contribution >= 0.6 is 11.6 Å². The zero-order chi connectivity index (χ0) is 15.4. The van der Waals surface area contributed by atoms with Crippen LogP contribution in [-0.2, 0) is 0 Å². The molecule has 2 aromatic carbocycles. The van der Waals surface area contributed by atoms with Crippen LogP contribution in [0.25, 0.3) is 0 Å². The molecule has 0 aromatic heterocycles. The number of benzene rings is 2. The summed E-state index contributed by atoms with van der Waals surface area (Å²) in [6.07, 6.45) is -0.264. The lowest BCUT2D eigenvalue weighted by atomic mass is 9.92. The Bertz CT molecular complexity index is 628. The van der Waals surface area contributed by atoms with Gasteiger partial charge >= 0.3 is 0 Å². The van der Waals surface area contributed by atoms with Gasteiger partial charge in [0.25, 0.3) is 5.69 Å². The zero-order valence-electron chi connectivity index (χ0n) is 11.3. The van der Waals surface area contributed by atoms with Crippen molar-refractivity contribution in [1.82, 2.24) is 0 Å². The summed E-state index contributed by atoms with van der Waals surface area (Å²) in [5, 5.41) is 21.4. The molecule has 1 unspecified atom stereocenters. The number of halogens is 1. The van der Waals surface area contributed by atoms with Crippen molar-refractivity contribution in [2.24, 2.45) is 0 Å². The fourth-order valence-corrected chi connectivity index (χ4v) is 2.32. The van der Waals surface area contributed by atoms with Crippen molar-refractivity contribution in [2.75, 3.05) is 0 Å². The molecule has 21 heavy (non-hydrogen) atoms. The standard InChI is InChI=1S/C16H15ClNO3/c1-11(12-5-7-15(8-6-12)18(20)21)9-16(19)13-3-2-4-14(17)10-13/h2-8,10-11,16,19H,1,9H2/t11?,16-/m1/s1. The maximum atomic E-state index is 10.6. The van der Waals surface area contributed by atoms with Gasteiger partial charge in [0, 0.05) is 17.2 Å². The third-order valence-corrected chi connectivity index (χ3v) is 3.55. The van der Waals surface area contributed by atoms with E-state index in [4.69, 9.17) is 11.6 Å². The molecule has 0 saturated carbocycles. The van der Waals surface area contributed by atoms with E-state index < -0.39 is 11.0 Å². The van der Waals surface area contributed by atoms with Gasteiger partial charge in [0.1, 0.15) is 0 Å². The normalized spacial score (nSPS) is 13.7. The first-order valence-corrected chi connectivity index (χ1v) is 6.86. The van der Waals surface area contributed by atoms with Crippen LogP contribution in [0.15, 0.2) is 48.5 Å².